The Balaban J connectivity index is 2.51. The predicted octanol–water partition coefficient (Wildman–Crippen LogP) is 1.65. The number of amides is 1. The molecule has 4 nitrogen and oxygen atoms in total. The van der Waals surface area contributed by atoms with Crippen molar-refractivity contribution in [2.45, 2.75) is 46.1 Å². The van der Waals surface area contributed by atoms with Gasteiger partial charge in [0.2, 0.25) is 5.91 Å². The summed E-state index contributed by atoms with van der Waals surface area (Å²) in [6.45, 7) is 12.7. The smallest absolute Gasteiger partial charge is 0.222 e. The molecule has 1 fully saturated rings. The molecule has 2 atom stereocenters. The Hall–Kier alpha value is -0.610. The number of rotatable bonds is 6. The van der Waals surface area contributed by atoms with E-state index in [2.05, 4.69) is 24.1 Å². The van der Waals surface area contributed by atoms with Crippen LogP contribution >= 0.6 is 0 Å². The zero-order chi connectivity index (χ0) is 13.6. The average Bonchev–Trinajstić information content (AvgIpc) is 2.44. The lowest BCUT2D eigenvalue weighted by atomic mass is 9.95. The van der Waals surface area contributed by atoms with Crippen LogP contribution in [0.5, 0.6) is 0 Å². The second-order valence-corrected chi connectivity index (χ2v) is 5.48. The van der Waals surface area contributed by atoms with Gasteiger partial charge in [0.05, 0.1) is 13.2 Å². The molecule has 0 aromatic carbocycles. The lowest BCUT2D eigenvalue weighted by Gasteiger charge is -2.43. The molecule has 1 amide bonds. The first kappa shape index (κ1) is 15.4. The van der Waals surface area contributed by atoms with E-state index in [1.807, 2.05) is 13.8 Å². The molecular weight excluding hydrogens is 228 g/mol. The van der Waals surface area contributed by atoms with E-state index in [0.29, 0.717) is 0 Å². The summed E-state index contributed by atoms with van der Waals surface area (Å²) in [6.07, 6.45) is 1.93. The number of nitrogens with zero attached hydrogens (tertiary/aromatic N) is 1. The van der Waals surface area contributed by atoms with E-state index in [-0.39, 0.29) is 17.4 Å². The standard InChI is InChI=1S/C14H28N2O2/c1-5-12(3)13(17)15-11-14(4,6-2)16-7-9-18-10-8-16/h12H,5-11H2,1-4H3,(H,15,17). The summed E-state index contributed by atoms with van der Waals surface area (Å²) in [5.74, 6) is 0.279. The highest BCUT2D eigenvalue weighted by Crippen LogP contribution is 2.20. The van der Waals surface area contributed by atoms with E-state index in [0.717, 1.165) is 45.7 Å². The molecule has 1 heterocycles. The van der Waals surface area contributed by atoms with Crippen LogP contribution in [0.15, 0.2) is 0 Å². The molecular formula is C14H28N2O2. The van der Waals surface area contributed by atoms with E-state index >= 15 is 0 Å². The fourth-order valence-corrected chi connectivity index (χ4v) is 2.20. The van der Waals surface area contributed by atoms with E-state index in [4.69, 9.17) is 4.74 Å². The second-order valence-electron chi connectivity index (χ2n) is 5.48. The molecule has 1 N–H and O–H groups in total. The van der Waals surface area contributed by atoms with Gasteiger partial charge in [-0.3, -0.25) is 9.69 Å². The maximum Gasteiger partial charge on any atom is 0.222 e. The maximum absolute atomic E-state index is 11.9. The average molecular weight is 256 g/mol. The summed E-state index contributed by atoms with van der Waals surface area (Å²) >= 11 is 0. The highest BCUT2D eigenvalue weighted by atomic mass is 16.5. The van der Waals surface area contributed by atoms with Crippen molar-refractivity contribution in [3.8, 4) is 0 Å². The lowest BCUT2D eigenvalue weighted by Crippen LogP contribution is -2.57. The van der Waals surface area contributed by atoms with Crippen LogP contribution in [0.4, 0.5) is 0 Å². The van der Waals surface area contributed by atoms with Gasteiger partial charge in [-0.25, -0.2) is 0 Å². The second kappa shape index (κ2) is 7.10. The topological polar surface area (TPSA) is 41.6 Å². The van der Waals surface area contributed by atoms with Crippen molar-refractivity contribution in [3.05, 3.63) is 0 Å². The molecule has 0 spiro atoms. The quantitative estimate of drug-likeness (QED) is 0.785. The monoisotopic (exact) mass is 256 g/mol. The molecule has 2 unspecified atom stereocenters. The molecule has 106 valence electrons. The van der Waals surface area contributed by atoms with Gasteiger partial charge < -0.3 is 10.1 Å². The summed E-state index contributed by atoms with van der Waals surface area (Å²) in [7, 11) is 0. The Bertz CT molecular complexity index is 265. The molecule has 1 saturated heterocycles. The van der Waals surface area contributed by atoms with Crippen LogP contribution in [0.3, 0.4) is 0 Å². The Morgan fingerprint density at radius 1 is 1.39 bits per heavy atom. The van der Waals surface area contributed by atoms with E-state index in [9.17, 15) is 4.79 Å². The molecule has 0 bridgehead atoms. The van der Waals surface area contributed by atoms with Crippen molar-refractivity contribution >= 4 is 5.91 Å². The van der Waals surface area contributed by atoms with Crippen LogP contribution in [0.25, 0.3) is 0 Å². The van der Waals surface area contributed by atoms with Crippen LogP contribution in [-0.2, 0) is 9.53 Å². The first-order chi connectivity index (χ1) is 8.53. The Morgan fingerprint density at radius 3 is 2.50 bits per heavy atom. The van der Waals surface area contributed by atoms with Crippen LogP contribution in [0.1, 0.15) is 40.5 Å². The normalized spacial score (nSPS) is 22.2. The Kier molecular flexibility index (Phi) is 6.09. The lowest BCUT2D eigenvalue weighted by molar-refractivity contribution is -0.125. The van der Waals surface area contributed by atoms with Gasteiger partial charge in [0, 0.05) is 31.1 Å². The van der Waals surface area contributed by atoms with Crippen LogP contribution < -0.4 is 5.32 Å². The summed E-state index contributed by atoms with van der Waals surface area (Å²) in [5, 5.41) is 3.10. The first-order valence-electron chi connectivity index (χ1n) is 7.14. The summed E-state index contributed by atoms with van der Waals surface area (Å²) in [5.41, 5.74) is 0.0485. The highest BCUT2D eigenvalue weighted by molar-refractivity contribution is 5.78. The molecule has 1 rings (SSSR count). The number of morpholine rings is 1. The molecule has 0 aliphatic carbocycles. The van der Waals surface area contributed by atoms with Crippen molar-refractivity contribution in [1.82, 2.24) is 10.2 Å². The maximum atomic E-state index is 11.9. The fraction of sp³-hybridized carbons (Fsp3) is 0.929. The van der Waals surface area contributed by atoms with E-state index < -0.39 is 0 Å². The summed E-state index contributed by atoms with van der Waals surface area (Å²) < 4.78 is 5.39. The summed E-state index contributed by atoms with van der Waals surface area (Å²) in [4.78, 5) is 14.3. The zero-order valence-electron chi connectivity index (χ0n) is 12.3. The van der Waals surface area contributed by atoms with Gasteiger partial charge in [-0.15, -0.1) is 0 Å². The third-order valence-corrected chi connectivity index (χ3v) is 4.24. The van der Waals surface area contributed by atoms with Crippen LogP contribution in [0, 0.1) is 5.92 Å². The van der Waals surface area contributed by atoms with E-state index in [1.54, 1.807) is 0 Å². The van der Waals surface area contributed by atoms with Crippen molar-refractivity contribution < 1.29 is 9.53 Å². The number of carbonyl (C=O) groups is 1. The molecule has 1 aliphatic rings. The number of hydrogen-bond donors (Lipinski definition) is 1. The largest absolute Gasteiger partial charge is 0.379 e. The predicted molar refractivity (Wildman–Crippen MR) is 73.6 cm³/mol. The van der Waals surface area contributed by atoms with Gasteiger partial charge in [0.25, 0.3) is 0 Å². The van der Waals surface area contributed by atoms with Gasteiger partial charge >= 0.3 is 0 Å². The minimum Gasteiger partial charge on any atom is -0.379 e. The molecule has 0 radical (unpaired) electrons. The number of ether oxygens (including phenoxy) is 1. The minimum absolute atomic E-state index is 0.0485. The van der Waals surface area contributed by atoms with Gasteiger partial charge in [0.1, 0.15) is 0 Å². The minimum atomic E-state index is 0.0485. The number of hydrogen-bond acceptors (Lipinski definition) is 3. The van der Waals surface area contributed by atoms with E-state index in [1.165, 1.54) is 0 Å². The first-order valence-corrected chi connectivity index (χ1v) is 7.14. The van der Waals surface area contributed by atoms with Crippen LogP contribution in [-0.4, -0.2) is 49.2 Å². The number of nitrogens with one attached hydrogen (secondary N) is 1. The molecule has 18 heavy (non-hydrogen) atoms. The SMILES string of the molecule is CCC(C)C(=O)NCC(C)(CC)N1CCOCC1. The third kappa shape index (κ3) is 3.95. The molecule has 0 saturated carbocycles. The third-order valence-electron chi connectivity index (χ3n) is 4.24. The molecule has 0 aromatic heterocycles. The fourth-order valence-electron chi connectivity index (χ4n) is 2.20. The Morgan fingerprint density at radius 2 is 2.00 bits per heavy atom. The molecule has 0 aromatic rings. The van der Waals surface area contributed by atoms with Gasteiger partial charge in [0.15, 0.2) is 0 Å². The zero-order valence-corrected chi connectivity index (χ0v) is 12.3. The molecule has 1 aliphatic heterocycles. The van der Waals surface area contributed by atoms with Gasteiger partial charge in [-0.2, -0.15) is 0 Å². The van der Waals surface area contributed by atoms with Gasteiger partial charge in [-0.1, -0.05) is 20.8 Å². The molecule has 4 heteroatoms. The highest BCUT2D eigenvalue weighted by Gasteiger charge is 2.31. The number of carbonyl (C=O) groups excluding carboxylic acids is 1. The summed E-state index contributed by atoms with van der Waals surface area (Å²) in [6, 6.07) is 0. The van der Waals surface area contributed by atoms with Crippen molar-refractivity contribution in [2.75, 3.05) is 32.8 Å². The van der Waals surface area contributed by atoms with Crippen molar-refractivity contribution in [2.24, 2.45) is 5.92 Å². The van der Waals surface area contributed by atoms with Crippen LogP contribution in [0.2, 0.25) is 0 Å². The van der Waals surface area contributed by atoms with Crippen molar-refractivity contribution in [3.63, 3.8) is 0 Å². The Labute approximate surface area is 111 Å². The van der Waals surface area contributed by atoms with Gasteiger partial charge in [-0.05, 0) is 19.8 Å². The van der Waals surface area contributed by atoms with Crippen molar-refractivity contribution in [1.29, 1.82) is 0 Å².